The van der Waals surface area contributed by atoms with Gasteiger partial charge in [-0.15, -0.1) is 0 Å². The molecule has 0 aliphatic carbocycles. The van der Waals surface area contributed by atoms with Gasteiger partial charge in [0.15, 0.2) is 6.29 Å². The summed E-state index contributed by atoms with van der Waals surface area (Å²) in [5, 5.41) is 0.942. The Balaban J connectivity index is 2.20. The minimum atomic E-state index is 0.690. The predicted octanol–water partition coefficient (Wildman–Crippen LogP) is 3.16. The molecule has 0 spiro atoms. The Hall–Kier alpha value is -1.77. The van der Waals surface area contributed by atoms with E-state index in [9.17, 15) is 4.79 Å². The van der Waals surface area contributed by atoms with Crippen molar-refractivity contribution in [3.8, 4) is 5.75 Å². The van der Waals surface area contributed by atoms with Crippen molar-refractivity contribution in [2.45, 2.75) is 19.8 Å². The average Bonchev–Trinajstić information content (AvgIpc) is 2.71. The zero-order chi connectivity index (χ0) is 11.4. The van der Waals surface area contributed by atoms with Crippen LogP contribution >= 0.6 is 0 Å². The fourth-order valence-electron chi connectivity index (χ4n) is 1.65. The number of unbranched alkanes of at least 4 members (excludes halogenated alkanes) is 1. The highest BCUT2D eigenvalue weighted by molar-refractivity contribution is 5.97. The first kappa shape index (κ1) is 10.7. The van der Waals surface area contributed by atoms with Crippen LogP contribution in [-0.2, 0) is 0 Å². The second-order valence-corrected chi connectivity index (χ2v) is 3.77. The number of carbonyl (C=O) groups excluding carboxylic acids is 1. The largest absolute Gasteiger partial charge is 0.494 e. The molecule has 0 bridgehead atoms. The first-order valence-corrected chi connectivity index (χ1v) is 5.54. The number of hydrogen-bond donors (Lipinski definition) is 1. The van der Waals surface area contributed by atoms with Crippen LogP contribution in [0.15, 0.2) is 24.4 Å². The van der Waals surface area contributed by atoms with Crippen LogP contribution in [0.25, 0.3) is 10.9 Å². The third-order valence-electron chi connectivity index (χ3n) is 2.58. The topological polar surface area (TPSA) is 42.1 Å². The van der Waals surface area contributed by atoms with E-state index in [2.05, 4.69) is 11.9 Å². The van der Waals surface area contributed by atoms with E-state index >= 15 is 0 Å². The van der Waals surface area contributed by atoms with Crippen LogP contribution in [0.4, 0.5) is 0 Å². The van der Waals surface area contributed by atoms with Crippen molar-refractivity contribution >= 4 is 17.2 Å². The molecule has 0 aliphatic heterocycles. The van der Waals surface area contributed by atoms with Gasteiger partial charge in [-0.25, -0.2) is 0 Å². The van der Waals surface area contributed by atoms with Crippen LogP contribution < -0.4 is 4.74 Å². The molecule has 1 heterocycles. The van der Waals surface area contributed by atoms with Crippen LogP contribution in [0.2, 0.25) is 0 Å². The molecular formula is C13H15NO2. The highest BCUT2D eigenvalue weighted by Crippen LogP contribution is 2.22. The van der Waals surface area contributed by atoms with Gasteiger partial charge in [0.25, 0.3) is 0 Å². The summed E-state index contributed by atoms with van der Waals surface area (Å²) in [6, 6.07) is 5.74. The Kier molecular flexibility index (Phi) is 3.25. The number of aromatic amines is 1. The maximum Gasteiger partial charge on any atom is 0.152 e. The monoisotopic (exact) mass is 217 g/mol. The number of rotatable bonds is 5. The molecular weight excluding hydrogens is 202 g/mol. The van der Waals surface area contributed by atoms with Gasteiger partial charge in [0.05, 0.1) is 6.61 Å². The molecule has 0 unspecified atom stereocenters. The molecule has 2 rings (SSSR count). The van der Waals surface area contributed by atoms with Gasteiger partial charge in [0, 0.05) is 28.7 Å². The van der Waals surface area contributed by atoms with E-state index in [1.165, 1.54) is 0 Å². The molecule has 3 heteroatoms. The lowest BCUT2D eigenvalue weighted by Gasteiger charge is -2.04. The second-order valence-electron chi connectivity index (χ2n) is 3.77. The summed E-state index contributed by atoms with van der Waals surface area (Å²) in [4.78, 5) is 13.8. The second kappa shape index (κ2) is 4.84. The van der Waals surface area contributed by atoms with E-state index in [1.807, 2.05) is 18.2 Å². The first-order valence-electron chi connectivity index (χ1n) is 5.54. The fraction of sp³-hybridized carbons (Fsp3) is 0.308. The van der Waals surface area contributed by atoms with Crippen molar-refractivity contribution in [2.24, 2.45) is 0 Å². The van der Waals surface area contributed by atoms with Crippen molar-refractivity contribution in [1.29, 1.82) is 0 Å². The van der Waals surface area contributed by atoms with E-state index in [-0.39, 0.29) is 0 Å². The number of aldehydes is 1. The first-order chi connectivity index (χ1) is 7.85. The molecule has 0 amide bonds. The van der Waals surface area contributed by atoms with E-state index in [4.69, 9.17) is 4.74 Å². The number of benzene rings is 1. The van der Waals surface area contributed by atoms with Gasteiger partial charge in [0.1, 0.15) is 5.75 Å². The fourth-order valence-corrected chi connectivity index (χ4v) is 1.65. The Morgan fingerprint density at radius 1 is 1.44 bits per heavy atom. The van der Waals surface area contributed by atoms with Crippen molar-refractivity contribution in [1.82, 2.24) is 4.98 Å². The lowest BCUT2D eigenvalue weighted by Crippen LogP contribution is -1.95. The van der Waals surface area contributed by atoms with E-state index in [1.54, 1.807) is 6.20 Å². The normalized spacial score (nSPS) is 10.6. The third kappa shape index (κ3) is 2.08. The maximum absolute atomic E-state index is 10.7. The summed E-state index contributed by atoms with van der Waals surface area (Å²) in [5.41, 5.74) is 1.63. The molecule has 1 aromatic carbocycles. The Morgan fingerprint density at radius 2 is 2.31 bits per heavy atom. The number of fused-ring (bicyclic) bond motifs is 1. The minimum absolute atomic E-state index is 0.690. The van der Waals surface area contributed by atoms with Gasteiger partial charge < -0.3 is 9.72 Å². The molecule has 1 aromatic heterocycles. The molecule has 84 valence electrons. The van der Waals surface area contributed by atoms with Crippen LogP contribution in [0.5, 0.6) is 5.75 Å². The molecule has 1 N–H and O–H groups in total. The number of H-pyrrole nitrogens is 1. The van der Waals surface area contributed by atoms with Gasteiger partial charge in [-0.2, -0.15) is 0 Å². The predicted molar refractivity (Wildman–Crippen MR) is 64.1 cm³/mol. The smallest absolute Gasteiger partial charge is 0.152 e. The van der Waals surface area contributed by atoms with Crippen LogP contribution in [0.1, 0.15) is 30.1 Å². The van der Waals surface area contributed by atoms with Crippen LogP contribution in [0, 0.1) is 0 Å². The van der Waals surface area contributed by atoms with Crippen molar-refractivity contribution in [3.05, 3.63) is 30.0 Å². The summed E-state index contributed by atoms with van der Waals surface area (Å²) in [6.45, 7) is 2.87. The highest BCUT2D eigenvalue weighted by Gasteiger charge is 2.03. The molecule has 0 atom stereocenters. The average molecular weight is 217 g/mol. The SMILES string of the molecule is CCCCOc1ccc2c(C=O)c[nH]c2c1. The van der Waals surface area contributed by atoms with Crippen molar-refractivity contribution in [2.75, 3.05) is 6.61 Å². The van der Waals surface area contributed by atoms with E-state index < -0.39 is 0 Å². The number of hydrogen-bond acceptors (Lipinski definition) is 2. The maximum atomic E-state index is 10.7. The molecule has 0 aliphatic rings. The summed E-state index contributed by atoms with van der Waals surface area (Å²) >= 11 is 0. The summed E-state index contributed by atoms with van der Waals surface area (Å²) in [5.74, 6) is 0.847. The van der Waals surface area contributed by atoms with E-state index in [0.717, 1.165) is 42.4 Å². The van der Waals surface area contributed by atoms with Crippen molar-refractivity contribution < 1.29 is 9.53 Å². The minimum Gasteiger partial charge on any atom is -0.494 e. The summed E-state index contributed by atoms with van der Waals surface area (Å²) < 4.78 is 5.59. The summed E-state index contributed by atoms with van der Waals surface area (Å²) in [6.07, 6.45) is 4.76. The highest BCUT2D eigenvalue weighted by atomic mass is 16.5. The van der Waals surface area contributed by atoms with E-state index in [0.29, 0.717) is 5.56 Å². The van der Waals surface area contributed by atoms with Gasteiger partial charge in [-0.3, -0.25) is 4.79 Å². The van der Waals surface area contributed by atoms with Gasteiger partial charge >= 0.3 is 0 Å². The lowest BCUT2D eigenvalue weighted by atomic mass is 10.2. The summed E-state index contributed by atoms with van der Waals surface area (Å²) in [7, 11) is 0. The molecule has 3 nitrogen and oxygen atoms in total. The molecule has 0 saturated heterocycles. The quantitative estimate of drug-likeness (QED) is 0.617. The van der Waals surface area contributed by atoms with Gasteiger partial charge in [-0.1, -0.05) is 13.3 Å². The number of ether oxygens (including phenoxy) is 1. The zero-order valence-electron chi connectivity index (χ0n) is 9.32. The van der Waals surface area contributed by atoms with Crippen LogP contribution in [0.3, 0.4) is 0 Å². The number of aromatic nitrogens is 1. The molecule has 0 radical (unpaired) electrons. The van der Waals surface area contributed by atoms with Gasteiger partial charge in [0.2, 0.25) is 0 Å². The number of nitrogens with one attached hydrogen (secondary N) is 1. The van der Waals surface area contributed by atoms with Crippen LogP contribution in [-0.4, -0.2) is 17.9 Å². The van der Waals surface area contributed by atoms with Crippen molar-refractivity contribution in [3.63, 3.8) is 0 Å². The molecule has 0 fully saturated rings. The zero-order valence-corrected chi connectivity index (χ0v) is 9.32. The lowest BCUT2D eigenvalue weighted by molar-refractivity contribution is 0.112. The molecule has 16 heavy (non-hydrogen) atoms. The number of carbonyl (C=O) groups is 1. The Labute approximate surface area is 94.4 Å². The van der Waals surface area contributed by atoms with Gasteiger partial charge in [-0.05, 0) is 18.6 Å². The Morgan fingerprint density at radius 3 is 3.06 bits per heavy atom. The standard InChI is InChI=1S/C13H15NO2/c1-2-3-6-16-11-4-5-12-10(9-15)8-14-13(12)7-11/h4-5,7-9,14H,2-3,6H2,1H3. The third-order valence-corrected chi connectivity index (χ3v) is 2.58. The Bertz CT molecular complexity index is 488. The molecule has 2 aromatic rings. The molecule has 0 saturated carbocycles.